The van der Waals surface area contributed by atoms with Gasteiger partial charge in [-0.05, 0) is 12.2 Å². The fraction of sp³-hybridized carbons (Fsp3) is 0.600. The standard InChI is InChI=1S/C10H18O2S4/c1-15(11)9-5-3-7-13-14-8-4-6-10-16(2)12/h3-6H,7-10H2,1-2H3. The van der Waals surface area contributed by atoms with Crippen LogP contribution in [0.2, 0.25) is 0 Å². The lowest BCUT2D eigenvalue weighted by Crippen LogP contribution is -1.99. The van der Waals surface area contributed by atoms with E-state index in [4.69, 9.17) is 0 Å². The summed E-state index contributed by atoms with van der Waals surface area (Å²) in [6.45, 7) is 0. The summed E-state index contributed by atoms with van der Waals surface area (Å²) in [5.41, 5.74) is 0. The predicted octanol–water partition coefficient (Wildman–Crippen LogP) is 2.24. The number of hydrogen-bond donors (Lipinski definition) is 0. The van der Waals surface area contributed by atoms with E-state index in [-0.39, 0.29) is 0 Å². The summed E-state index contributed by atoms with van der Waals surface area (Å²) in [6, 6.07) is 0. The minimum atomic E-state index is -0.725. The highest BCUT2D eigenvalue weighted by Gasteiger charge is 1.91. The van der Waals surface area contributed by atoms with Gasteiger partial charge in [0.2, 0.25) is 0 Å². The van der Waals surface area contributed by atoms with E-state index in [0.29, 0.717) is 11.5 Å². The Balaban J connectivity index is 3.21. The van der Waals surface area contributed by atoms with Gasteiger partial charge in [-0.1, -0.05) is 56.1 Å². The van der Waals surface area contributed by atoms with Gasteiger partial charge in [0.15, 0.2) is 0 Å². The van der Waals surface area contributed by atoms with Gasteiger partial charge < -0.3 is 9.11 Å². The smallest absolute Gasteiger partial charge is 0.123 e. The minimum absolute atomic E-state index is 0.646. The molecule has 0 saturated carbocycles. The third kappa shape index (κ3) is 14.8. The third-order valence-electron chi connectivity index (χ3n) is 1.41. The van der Waals surface area contributed by atoms with Crippen molar-refractivity contribution in [2.24, 2.45) is 0 Å². The molecule has 0 N–H and O–H groups in total. The summed E-state index contributed by atoms with van der Waals surface area (Å²) < 4.78 is 21.4. The fourth-order valence-corrected chi connectivity index (χ4v) is 3.20. The molecule has 0 spiro atoms. The van der Waals surface area contributed by atoms with E-state index in [0.717, 1.165) is 11.5 Å². The number of rotatable bonds is 9. The Hall–Kier alpha value is 0.800. The molecule has 2 atom stereocenters. The summed E-state index contributed by atoms with van der Waals surface area (Å²) in [5.74, 6) is 3.17. The van der Waals surface area contributed by atoms with Crippen LogP contribution in [0.5, 0.6) is 0 Å². The van der Waals surface area contributed by atoms with Gasteiger partial charge in [-0.15, -0.1) is 0 Å². The first kappa shape index (κ1) is 16.8. The van der Waals surface area contributed by atoms with E-state index in [9.17, 15) is 9.11 Å². The van der Waals surface area contributed by atoms with Crippen LogP contribution in [0, 0.1) is 0 Å². The molecular formula is C10H18O2S4. The van der Waals surface area contributed by atoms with Crippen LogP contribution >= 0.6 is 21.6 Å². The van der Waals surface area contributed by atoms with Crippen LogP contribution in [0.25, 0.3) is 0 Å². The summed E-state index contributed by atoms with van der Waals surface area (Å²) in [5, 5.41) is 0. The van der Waals surface area contributed by atoms with E-state index in [1.165, 1.54) is 0 Å². The van der Waals surface area contributed by atoms with E-state index >= 15 is 0 Å². The molecule has 0 radical (unpaired) electrons. The summed E-state index contributed by atoms with van der Waals surface area (Å²) >= 11 is -1.45. The maximum absolute atomic E-state index is 10.7. The first-order valence-corrected chi connectivity index (χ1v) is 10.7. The van der Waals surface area contributed by atoms with Gasteiger partial charge in [0.05, 0.1) is 12.5 Å². The largest absolute Gasteiger partial charge is 0.616 e. The molecule has 0 aliphatic carbocycles. The maximum atomic E-state index is 10.7. The summed E-state index contributed by atoms with van der Waals surface area (Å²) in [7, 11) is 3.54. The molecule has 16 heavy (non-hydrogen) atoms. The van der Waals surface area contributed by atoms with Crippen molar-refractivity contribution < 1.29 is 9.11 Å². The zero-order chi connectivity index (χ0) is 12.2. The lowest BCUT2D eigenvalue weighted by atomic mass is 10.6. The van der Waals surface area contributed by atoms with Crippen molar-refractivity contribution >= 4 is 43.9 Å². The van der Waals surface area contributed by atoms with Crippen LogP contribution in [0.3, 0.4) is 0 Å². The first-order chi connectivity index (χ1) is 7.63. The van der Waals surface area contributed by atoms with Gasteiger partial charge >= 0.3 is 0 Å². The van der Waals surface area contributed by atoms with E-state index < -0.39 is 22.4 Å². The van der Waals surface area contributed by atoms with Crippen molar-refractivity contribution in [1.29, 1.82) is 0 Å². The molecule has 0 saturated heterocycles. The molecule has 0 bridgehead atoms. The molecule has 0 rings (SSSR count). The van der Waals surface area contributed by atoms with Crippen LogP contribution in [0.15, 0.2) is 24.3 Å². The van der Waals surface area contributed by atoms with Crippen molar-refractivity contribution in [3.8, 4) is 0 Å². The highest BCUT2D eigenvalue weighted by molar-refractivity contribution is 8.76. The van der Waals surface area contributed by atoms with Crippen LogP contribution < -0.4 is 0 Å². The topological polar surface area (TPSA) is 46.1 Å². The van der Waals surface area contributed by atoms with E-state index in [1.807, 2.05) is 24.3 Å². The fourth-order valence-electron chi connectivity index (χ4n) is 0.718. The van der Waals surface area contributed by atoms with Gasteiger partial charge in [-0.3, -0.25) is 0 Å². The van der Waals surface area contributed by atoms with Crippen LogP contribution in [0.1, 0.15) is 0 Å². The lowest BCUT2D eigenvalue weighted by Gasteiger charge is -1.99. The predicted molar refractivity (Wildman–Crippen MR) is 81.1 cm³/mol. The quantitative estimate of drug-likeness (QED) is 0.283. The summed E-state index contributed by atoms with van der Waals surface area (Å²) in [6.07, 6.45) is 11.4. The van der Waals surface area contributed by atoms with Gasteiger partial charge in [-0.25, -0.2) is 0 Å². The number of hydrogen-bond acceptors (Lipinski definition) is 4. The molecule has 0 aromatic carbocycles. The van der Waals surface area contributed by atoms with Crippen molar-refractivity contribution in [3.63, 3.8) is 0 Å². The van der Waals surface area contributed by atoms with Crippen molar-refractivity contribution in [2.45, 2.75) is 0 Å². The lowest BCUT2D eigenvalue weighted by molar-refractivity contribution is 0.602. The van der Waals surface area contributed by atoms with Gasteiger partial charge in [-0.2, -0.15) is 0 Å². The SMILES string of the molecule is C[S+]([O-])CC=CCSSCC=CC[S+](C)[O-]. The minimum Gasteiger partial charge on any atom is -0.616 e. The molecule has 0 aromatic heterocycles. The van der Waals surface area contributed by atoms with Crippen LogP contribution in [-0.4, -0.2) is 44.6 Å². The molecule has 0 heterocycles. The Bertz CT molecular complexity index is 183. The normalized spacial score (nSPS) is 16.0. The second-order valence-corrected chi connectivity index (χ2v) is 8.50. The van der Waals surface area contributed by atoms with Gasteiger partial charge in [0.25, 0.3) is 0 Å². The molecule has 2 unspecified atom stereocenters. The molecule has 0 amide bonds. The molecule has 0 aliphatic rings. The van der Waals surface area contributed by atoms with Gasteiger partial charge in [0.1, 0.15) is 11.5 Å². The average Bonchev–Trinajstić information content (AvgIpc) is 2.20. The molecule has 0 aromatic rings. The molecule has 6 heteroatoms. The Morgan fingerprint density at radius 2 is 1.19 bits per heavy atom. The third-order valence-corrected chi connectivity index (χ3v) is 4.87. The zero-order valence-electron chi connectivity index (χ0n) is 9.59. The maximum Gasteiger partial charge on any atom is 0.123 e. The Kier molecular flexibility index (Phi) is 12.9. The molecule has 0 aliphatic heterocycles. The van der Waals surface area contributed by atoms with E-state index in [2.05, 4.69) is 0 Å². The summed E-state index contributed by atoms with van der Waals surface area (Å²) in [4.78, 5) is 0. The monoisotopic (exact) mass is 298 g/mol. The highest BCUT2D eigenvalue weighted by atomic mass is 33.1. The molecule has 94 valence electrons. The van der Waals surface area contributed by atoms with Crippen molar-refractivity contribution in [3.05, 3.63) is 24.3 Å². The van der Waals surface area contributed by atoms with E-state index in [1.54, 1.807) is 34.1 Å². The second kappa shape index (κ2) is 12.3. The Morgan fingerprint density at radius 3 is 1.50 bits per heavy atom. The van der Waals surface area contributed by atoms with Crippen LogP contribution in [0.4, 0.5) is 0 Å². The molecule has 2 nitrogen and oxygen atoms in total. The zero-order valence-corrected chi connectivity index (χ0v) is 12.9. The van der Waals surface area contributed by atoms with Crippen LogP contribution in [-0.2, 0) is 22.4 Å². The highest BCUT2D eigenvalue weighted by Crippen LogP contribution is 2.20. The Morgan fingerprint density at radius 1 is 0.812 bits per heavy atom. The molecular weight excluding hydrogens is 280 g/mol. The van der Waals surface area contributed by atoms with Crippen molar-refractivity contribution in [1.82, 2.24) is 0 Å². The second-order valence-electron chi connectivity index (χ2n) is 2.99. The molecule has 0 fully saturated rings. The van der Waals surface area contributed by atoms with Crippen molar-refractivity contribution in [2.75, 3.05) is 35.5 Å². The van der Waals surface area contributed by atoms with Gasteiger partial charge in [0, 0.05) is 11.5 Å². The first-order valence-electron chi connectivity index (χ1n) is 4.77. The Labute approximate surface area is 112 Å². The average molecular weight is 299 g/mol.